The first-order chi connectivity index (χ1) is 12.4. The lowest BCUT2D eigenvalue weighted by molar-refractivity contribution is 0.164. The van der Waals surface area contributed by atoms with E-state index in [-0.39, 0.29) is 11.9 Å². The molecule has 4 N–H and O–H groups in total. The Labute approximate surface area is 161 Å². The van der Waals surface area contributed by atoms with E-state index in [1.807, 2.05) is 6.07 Å². The summed E-state index contributed by atoms with van der Waals surface area (Å²) in [6.07, 6.45) is 7.24. The van der Waals surface area contributed by atoms with E-state index >= 15 is 0 Å². The SMILES string of the molecule is NC(CCCCB(O)O)C1CCN(CCCc2cc(F)cc(Cl)c2)CC1. The normalized spacial score (nSPS) is 17.4. The van der Waals surface area contributed by atoms with Gasteiger partial charge in [0.25, 0.3) is 0 Å². The van der Waals surface area contributed by atoms with E-state index in [4.69, 9.17) is 27.4 Å². The molecule has 7 heteroatoms. The van der Waals surface area contributed by atoms with Gasteiger partial charge in [-0.05, 0) is 87.7 Å². The Hall–Kier alpha value is -0.655. The maximum Gasteiger partial charge on any atom is 0.451 e. The number of halogens is 2. The summed E-state index contributed by atoms with van der Waals surface area (Å²) in [6, 6.07) is 4.95. The standard InChI is InChI=1S/C19H31BClFN2O2/c21-17-12-15(13-18(22)14-17)4-3-9-24-10-6-16(7-11-24)19(23)5-1-2-8-20(25)26/h12-14,16,19,25-26H,1-11,23H2. The number of aryl methyl sites for hydroxylation is 1. The van der Waals surface area contributed by atoms with Crippen molar-refractivity contribution in [3.8, 4) is 0 Å². The van der Waals surface area contributed by atoms with Gasteiger partial charge in [-0.2, -0.15) is 0 Å². The Morgan fingerprint density at radius 2 is 1.92 bits per heavy atom. The largest absolute Gasteiger partial charge is 0.451 e. The summed E-state index contributed by atoms with van der Waals surface area (Å²) in [5, 5.41) is 18.2. The van der Waals surface area contributed by atoms with Crippen molar-refractivity contribution >= 4 is 18.7 Å². The van der Waals surface area contributed by atoms with Crippen molar-refractivity contribution < 1.29 is 14.4 Å². The number of rotatable bonds is 10. The molecule has 0 aromatic heterocycles. The lowest BCUT2D eigenvalue weighted by atomic mass is 9.82. The topological polar surface area (TPSA) is 69.7 Å². The van der Waals surface area contributed by atoms with E-state index in [0.717, 1.165) is 70.1 Å². The van der Waals surface area contributed by atoms with Gasteiger partial charge in [0, 0.05) is 11.1 Å². The number of hydrogen-bond donors (Lipinski definition) is 3. The minimum atomic E-state index is -1.20. The predicted molar refractivity (Wildman–Crippen MR) is 106 cm³/mol. The zero-order chi connectivity index (χ0) is 18.9. The Morgan fingerprint density at radius 1 is 1.19 bits per heavy atom. The van der Waals surface area contributed by atoms with E-state index in [9.17, 15) is 4.39 Å². The Bertz CT molecular complexity index is 522. The van der Waals surface area contributed by atoms with Crippen LogP contribution in [0.1, 0.15) is 44.1 Å². The Kier molecular flexibility index (Phi) is 9.36. The van der Waals surface area contributed by atoms with Crippen LogP contribution >= 0.6 is 11.6 Å². The lowest BCUT2D eigenvalue weighted by Crippen LogP contribution is -2.41. The third kappa shape index (κ3) is 7.93. The number of benzene rings is 1. The number of likely N-dealkylation sites (tertiary alicyclic amines) is 1. The number of unbranched alkanes of at least 4 members (excludes halogenated alkanes) is 1. The Balaban J connectivity index is 1.60. The average molecular weight is 385 g/mol. The van der Waals surface area contributed by atoms with Crippen LogP contribution in [0.4, 0.5) is 4.39 Å². The predicted octanol–water partition coefficient (Wildman–Crippen LogP) is 3.09. The van der Waals surface area contributed by atoms with Gasteiger partial charge in [-0.3, -0.25) is 0 Å². The second-order valence-electron chi connectivity index (χ2n) is 7.49. The fraction of sp³-hybridized carbons (Fsp3) is 0.684. The number of nitrogens with zero attached hydrogens (tertiary/aromatic N) is 1. The highest BCUT2D eigenvalue weighted by Crippen LogP contribution is 2.23. The van der Waals surface area contributed by atoms with Crippen LogP contribution in [0.2, 0.25) is 11.3 Å². The lowest BCUT2D eigenvalue weighted by Gasteiger charge is -2.34. The summed E-state index contributed by atoms with van der Waals surface area (Å²) in [5.41, 5.74) is 7.28. The van der Waals surface area contributed by atoms with Gasteiger partial charge in [0.15, 0.2) is 0 Å². The van der Waals surface area contributed by atoms with Gasteiger partial charge in [-0.25, -0.2) is 4.39 Å². The molecule has 1 aromatic carbocycles. The van der Waals surface area contributed by atoms with Crippen molar-refractivity contribution in [1.82, 2.24) is 4.90 Å². The number of hydrogen-bond acceptors (Lipinski definition) is 4. The Morgan fingerprint density at radius 3 is 2.58 bits per heavy atom. The molecular weight excluding hydrogens is 353 g/mol. The fourth-order valence-electron chi connectivity index (χ4n) is 3.81. The minimum absolute atomic E-state index is 0.211. The molecule has 0 amide bonds. The van der Waals surface area contributed by atoms with Crippen molar-refractivity contribution in [3.05, 3.63) is 34.6 Å². The van der Waals surface area contributed by atoms with Crippen LogP contribution in [-0.2, 0) is 6.42 Å². The molecule has 1 aliphatic heterocycles. The average Bonchev–Trinajstić information content (AvgIpc) is 2.58. The molecule has 2 rings (SSSR count). The maximum absolute atomic E-state index is 13.3. The summed E-state index contributed by atoms with van der Waals surface area (Å²) >= 11 is 5.90. The molecule has 1 saturated heterocycles. The molecule has 1 fully saturated rings. The van der Waals surface area contributed by atoms with Gasteiger partial charge in [0.1, 0.15) is 5.82 Å². The molecule has 1 unspecified atom stereocenters. The number of nitrogens with two attached hydrogens (primary N) is 1. The first-order valence-electron chi connectivity index (χ1n) is 9.73. The highest BCUT2D eigenvalue weighted by Gasteiger charge is 2.23. The molecule has 1 aliphatic rings. The molecule has 26 heavy (non-hydrogen) atoms. The fourth-order valence-corrected chi connectivity index (χ4v) is 4.05. The molecule has 0 aliphatic carbocycles. The monoisotopic (exact) mass is 384 g/mol. The maximum atomic E-state index is 13.3. The van der Waals surface area contributed by atoms with Crippen LogP contribution in [0.5, 0.6) is 0 Å². The summed E-state index contributed by atoms with van der Waals surface area (Å²) < 4.78 is 13.3. The van der Waals surface area contributed by atoms with Crippen molar-refractivity contribution in [1.29, 1.82) is 0 Å². The first kappa shape index (κ1) is 21.6. The third-order valence-corrected chi connectivity index (χ3v) is 5.57. The smallest absolute Gasteiger partial charge is 0.427 e. The van der Waals surface area contributed by atoms with Crippen molar-refractivity contribution in [2.24, 2.45) is 11.7 Å². The van der Waals surface area contributed by atoms with Crippen LogP contribution < -0.4 is 5.73 Å². The van der Waals surface area contributed by atoms with Gasteiger partial charge in [0.05, 0.1) is 0 Å². The molecule has 1 heterocycles. The van der Waals surface area contributed by atoms with Crippen molar-refractivity contribution in [2.75, 3.05) is 19.6 Å². The number of piperidine rings is 1. The van der Waals surface area contributed by atoms with E-state index in [1.54, 1.807) is 6.07 Å². The minimum Gasteiger partial charge on any atom is -0.427 e. The highest BCUT2D eigenvalue weighted by molar-refractivity contribution is 6.40. The van der Waals surface area contributed by atoms with Crippen LogP contribution in [0.15, 0.2) is 18.2 Å². The molecule has 146 valence electrons. The van der Waals surface area contributed by atoms with Crippen LogP contribution in [-0.4, -0.2) is 47.7 Å². The van der Waals surface area contributed by atoms with Crippen LogP contribution in [0, 0.1) is 11.7 Å². The van der Waals surface area contributed by atoms with Gasteiger partial charge in [-0.15, -0.1) is 0 Å². The van der Waals surface area contributed by atoms with Crippen LogP contribution in [0.3, 0.4) is 0 Å². The van der Waals surface area contributed by atoms with E-state index in [1.165, 1.54) is 6.07 Å². The molecular formula is C19H31BClFN2O2. The zero-order valence-electron chi connectivity index (χ0n) is 15.4. The second kappa shape index (κ2) is 11.2. The summed E-state index contributed by atoms with van der Waals surface area (Å²) in [4.78, 5) is 2.46. The second-order valence-corrected chi connectivity index (χ2v) is 7.93. The molecule has 1 aromatic rings. The molecule has 0 saturated carbocycles. The highest BCUT2D eigenvalue weighted by atomic mass is 35.5. The van der Waals surface area contributed by atoms with E-state index in [2.05, 4.69) is 4.90 Å². The van der Waals surface area contributed by atoms with Crippen molar-refractivity contribution in [3.63, 3.8) is 0 Å². The van der Waals surface area contributed by atoms with Gasteiger partial charge in [0.2, 0.25) is 0 Å². The third-order valence-electron chi connectivity index (χ3n) is 5.35. The van der Waals surface area contributed by atoms with Gasteiger partial charge < -0.3 is 20.7 Å². The summed E-state index contributed by atoms with van der Waals surface area (Å²) in [6.45, 7) is 3.15. The van der Waals surface area contributed by atoms with E-state index in [0.29, 0.717) is 17.3 Å². The van der Waals surface area contributed by atoms with Crippen LogP contribution in [0.25, 0.3) is 0 Å². The molecule has 4 nitrogen and oxygen atoms in total. The molecule has 0 radical (unpaired) electrons. The van der Waals surface area contributed by atoms with Gasteiger partial charge >= 0.3 is 7.12 Å². The molecule has 0 spiro atoms. The van der Waals surface area contributed by atoms with Gasteiger partial charge in [-0.1, -0.05) is 24.4 Å². The molecule has 0 bridgehead atoms. The van der Waals surface area contributed by atoms with E-state index < -0.39 is 7.12 Å². The molecule has 1 atom stereocenters. The quantitative estimate of drug-likeness (QED) is 0.428. The first-order valence-corrected chi connectivity index (χ1v) is 10.1. The zero-order valence-corrected chi connectivity index (χ0v) is 16.2. The summed E-state index contributed by atoms with van der Waals surface area (Å²) in [7, 11) is -1.20. The van der Waals surface area contributed by atoms with Crippen molar-refractivity contribution in [2.45, 2.75) is 57.3 Å². The summed E-state index contributed by atoms with van der Waals surface area (Å²) in [5.74, 6) is 0.295.